The van der Waals surface area contributed by atoms with Crippen LogP contribution in [0.2, 0.25) is 0 Å². The maximum Gasteiger partial charge on any atom is 3.00 e. The van der Waals surface area contributed by atoms with Gasteiger partial charge in [-0.2, -0.15) is 0 Å². The van der Waals surface area contributed by atoms with Crippen molar-refractivity contribution < 1.29 is 34.1 Å². The van der Waals surface area contributed by atoms with Gasteiger partial charge in [-0.25, -0.2) is 0 Å². The number of hydrogen-bond donors (Lipinski definition) is 0. The van der Waals surface area contributed by atoms with Crippen LogP contribution in [0, 0.1) is 0 Å². The minimum absolute atomic E-state index is 0. The molecule has 0 bridgehead atoms. The number of rotatable bonds is 0. The Labute approximate surface area is 225 Å². The van der Waals surface area contributed by atoms with E-state index in [-0.39, 0.29) is 231 Å². The van der Waals surface area contributed by atoms with Crippen molar-refractivity contribution in [2.24, 2.45) is 0 Å². The van der Waals surface area contributed by atoms with Crippen LogP contribution in [0.3, 0.4) is 0 Å². The maximum absolute atomic E-state index is 0. The first-order valence-corrected chi connectivity index (χ1v) is 0. The van der Waals surface area contributed by atoms with E-state index >= 15 is 0 Å². The summed E-state index contributed by atoms with van der Waals surface area (Å²) in [6.45, 7) is 0. The van der Waals surface area contributed by atoms with Gasteiger partial charge in [0.15, 0.2) is 0 Å². The van der Waals surface area contributed by atoms with Gasteiger partial charge in [-0.15, -0.1) is 0 Å². The van der Waals surface area contributed by atoms with Crippen molar-refractivity contribution in [3.8, 4) is 0 Å². The van der Waals surface area contributed by atoms with Crippen molar-refractivity contribution in [3.63, 3.8) is 0 Å². The van der Waals surface area contributed by atoms with Crippen molar-refractivity contribution in [1.29, 1.82) is 0 Å². The summed E-state index contributed by atoms with van der Waals surface area (Å²) in [6.07, 6.45) is 0. The van der Waals surface area contributed by atoms with E-state index in [0.29, 0.717) is 0 Å². The summed E-state index contributed by atoms with van der Waals surface area (Å²) in [5.41, 5.74) is 0. The van der Waals surface area contributed by atoms with Crippen LogP contribution in [-0.4, -0.2) is 197 Å². The molecular formula is Al2Cu2Ga2In2Te3. The monoisotopic (exact) mass is 937 g/mol. The van der Waals surface area contributed by atoms with Crippen LogP contribution in [0.5, 0.6) is 0 Å². The second-order valence-corrected chi connectivity index (χ2v) is 0. The Balaban J connectivity index is 0. The summed E-state index contributed by atoms with van der Waals surface area (Å²) in [7, 11) is 0. The summed E-state index contributed by atoms with van der Waals surface area (Å²) in [5.74, 6) is 0. The second-order valence-electron chi connectivity index (χ2n) is 0. The molecule has 0 aromatic rings. The van der Waals surface area contributed by atoms with Crippen LogP contribution in [-0.2, 0) is 34.1 Å². The SMILES string of the molecule is [Al+3].[Al+3].[Cu].[Cu].[Ga].[Ga].[In].[In].[Te-2].[Te-2].[Te-2]. The molecule has 0 fully saturated rings. The average Bonchev–Trinajstić information content (AvgIpc) is 0. The molecule has 0 heterocycles. The molecule has 11 heteroatoms. The largest absolute Gasteiger partial charge is 3.00 e. The minimum atomic E-state index is 0. The molecule has 14 radical (unpaired) electrons. The van der Waals surface area contributed by atoms with E-state index in [1.54, 1.807) is 0 Å². The van der Waals surface area contributed by atoms with E-state index < -0.39 is 0 Å². The molecule has 58 valence electrons. The first kappa shape index (κ1) is 101. The van der Waals surface area contributed by atoms with Crippen LogP contribution >= 0.6 is 0 Å². The fraction of sp³-hybridized carbons (Fsp3) is 0. The van der Waals surface area contributed by atoms with Gasteiger partial charge in [0.05, 0.1) is 0 Å². The quantitative estimate of drug-likeness (QED) is 0.223. The molecule has 11 heavy (non-hydrogen) atoms. The van der Waals surface area contributed by atoms with Crippen molar-refractivity contribution in [1.82, 2.24) is 0 Å². The smallest absolute Gasteiger partial charge is 2.00 e. The molecule has 0 aliphatic heterocycles. The second kappa shape index (κ2) is 84.8. The molecule has 0 saturated carbocycles. The summed E-state index contributed by atoms with van der Waals surface area (Å²) in [6, 6.07) is 0. The van der Waals surface area contributed by atoms with Crippen LogP contribution < -0.4 is 0 Å². The molecule has 0 rings (SSSR count). The molecule has 0 unspecified atom stereocenters. The zero-order valence-electron chi connectivity index (χ0n) is 5.29. The topological polar surface area (TPSA) is 0 Å². The summed E-state index contributed by atoms with van der Waals surface area (Å²) >= 11 is 0. The van der Waals surface area contributed by atoms with E-state index in [9.17, 15) is 0 Å². The molecule has 0 aromatic carbocycles. The molecular weight excluding hydrogens is 933 g/mol. The fourth-order valence-electron chi connectivity index (χ4n) is 0. The van der Waals surface area contributed by atoms with E-state index in [1.807, 2.05) is 0 Å². The number of hydrogen-bond acceptors (Lipinski definition) is 0. The predicted octanol–water partition coefficient (Wildman–Crippen LogP) is -3.43. The Hall–Kier alpha value is 7.49. The Bertz CT molecular complexity index is 25.3. The van der Waals surface area contributed by atoms with Gasteiger partial charge in [-0.05, 0) is 0 Å². The molecule has 0 aliphatic rings. The van der Waals surface area contributed by atoms with E-state index in [1.165, 1.54) is 0 Å². The van der Waals surface area contributed by atoms with Gasteiger partial charge in [-0.1, -0.05) is 0 Å². The third-order valence-electron chi connectivity index (χ3n) is 0. The van der Waals surface area contributed by atoms with Crippen LogP contribution in [0.4, 0.5) is 0 Å². The molecule has 0 nitrogen and oxygen atoms in total. The van der Waals surface area contributed by atoms with E-state index in [2.05, 4.69) is 0 Å². The molecule has 0 saturated heterocycles. The van der Waals surface area contributed by atoms with Gasteiger partial charge in [0.2, 0.25) is 0 Å². The third-order valence-corrected chi connectivity index (χ3v) is 0. The molecule has 0 N–H and O–H groups in total. The van der Waals surface area contributed by atoms with Crippen LogP contribution in [0.25, 0.3) is 0 Å². The molecule has 0 atom stereocenters. The maximum atomic E-state index is 0. The zero-order chi connectivity index (χ0) is 0. The molecule has 0 spiro atoms. The predicted molar refractivity (Wildman–Crippen MR) is 51.8 cm³/mol. The summed E-state index contributed by atoms with van der Waals surface area (Å²) in [4.78, 5) is 0. The van der Waals surface area contributed by atoms with Gasteiger partial charge in [0.1, 0.15) is 0 Å². The van der Waals surface area contributed by atoms with Crippen molar-refractivity contribution >= 4 is 197 Å². The Morgan fingerprint density at radius 2 is 0.455 bits per heavy atom. The Morgan fingerprint density at radius 3 is 0.455 bits per heavy atom. The Morgan fingerprint density at radius 1 is 0.455 bits per heavy atom. The molecule has 0 amide bonds. The summed E-state index contributed by atoms with van der Waals surface area (Å²) in [5, 5.41) is 0. The van der Waals surface area contributed by atoms with Crippen molar-refractivity contribution in [2.75, 3.05) is 0 Å². The van der Waals surface area contributed by atoms with E-state index in [0.717, 1.165) is 0 Å². The zero-order valence-corrected chi connectivity index (χ0v) is 27.9. The van der Waals surface area contributed by atoms with Gasteiger partial charge in [0.25, 0.3) is 0 Å². The van der Waals surface area contributed by atoms with Crippen molar-refractivity contribution in [2.45, 2.75) is 0 Å². The van der Waals surface area contributed by atoms with Crippen LogP contribution in [0.15, 0.2) is 0 Å². The Kier molecular flexibility index (Phi) is 778. The minimum Gasteiger partial charge on any atom is -2.00 e. The third kappa shape index (κ3) is 74.8. The van der Waals surface area contributed by atoms with Gasteiger partial charge in [0, 0.05) is 125 Å². The standard InChI is InChI=1S/2Al.2Cu.2Ga.2In.3Te/q2*+3;;;;;;;3*-2. The molecule has 0 aliphatic carbocycles. The van der Waals surface area contributed by atoms with E-state index in [4.69, 9.17) is 0 Å². The first-order valence-electron chi connectivity index (χ1n) is 0. The van der Waals surface area contributed by atoms with Gasteiger partial charge >= 0.3 is 34.7 Å². The van der Waals surface area contributed by atoms with Gasteiger partial charge < -0.3 is 71.0 Å². The first-order chi connectivity index (χ1) is 0. The van der Waals surface area contributed by atoms with Crippen molar-refractivity contribution in [3.05, 3.63) is 0 Å². The average molecular weight is 933 g/mol. The van der Waals surface area contributed by atoms with Crippen LogP contribution in [0.1, 0.15) is 0 Å². The summed E-state index contributed by atoms with van der Waals surface area (Å²) < 4.78 is 0. The fourth-order valence-corrected chi connectivity index (χ4v) is 0. The normalized spacial score (nSPS) is 0. The molecule has 0 aromatic heterocycles. The van der Waals surface area contributed by atoms with Gasteiger partial charge in [-0.3, -0.25) is 0 Å².